The lowest BCUT2D eigenvalue weighted by Gasteiger charge is -2.16. The summed E-state index contributed by atoms with van der Waals surface area (Å²) in [6.45, 7) is 1.42. The lowest BCUT2D eigenvalue weighted by molar-refractivity contribution is -0.137. The van der Waals surface area contributed by atoms with Gasteiger partial charge in [0.25, 0.3) is 0 Å². The van der Waals surface area contributed by atoms with E-state index in [-0.39, 0.29) is 10.2 Å². The smallest absolute Gasteiger partial charge is 0.374 e. The summed E-state index contributed by atoms with van der Waals surface area (Å²) in [5.41, 5.74) is -0.741. The van der Waals surface area contributed by atoms with Gasteiger partial charge in [0.1, 0.15) is 6.04 Å². The van der Waals surface area contributed by atoms with Crippen LogP contribution in [0.4, 0.5) is 23.7 Å². The van der Waals surface area contributed by atoms with E-state index in [0.29, 0.717) is 0 Å². The van der Waals surface area contributed by atoms with Crippen LogP contribution in [0.15, 0.2) is 22.7 Å². The quantitative estimate of drug-likeness (QED) is 0.769. The molecule has 0 aromatic heterocycles. The van der Waals surface area contributed by atoms with E-state index < -0.39 is 29.7 Å². The van der Waals surface area contributed by atoms with Crippen molar-refractivity contribution in [2.75, 3.05) is 12.4 Å². The van der Waals surface area contributed by atoms with Gasteiger partial charge in [0, 0.05) is 17.2 Å². The van der Waals surface area contributed by atoms with Gasteiger partial charge in [0.15, 0.2) is 0 Å². The van der Waals surface area contributed by atoms with Crippen molar-refractivity contribution >= 4 is 33.6 Å². The Morgan fingerprint density at radius 1 is 1.24 bits per heavy atom. The van der Waals surface area contributed by atoms with Crippen LogP contribution < -0.4 is 16.0 Å². The fourth-order valence-corrected chi connectivity index (χ4v) is 1.93. The maximum Gasteiger partial charge on any atom is 0.416 e. The van der Waals surface area contributed by atoms with Gasteiger partial charge in [-0.1, -0.05) is 15.9 Å². The largest absolute Gasteiger partial charge is 0.416 e. The molecule has 1 atom stereocenters. The number of halogens is 4. The van der Waals surface area contributed by atoms with E-state index >= 15 is 0 Å². The number of imide groups is 1. The summed E-state index contributed by atoms with van der Waals surface area (Å²) >= 11 is 2.98. The summed E-state index contributed by atoms with van der Waals surface area (Å²) in [4.78, 5) is 22.6. The summed E-state index contributed by atoms with van der Waals surface area (Å²) < 4.78 is 38.3. The maximum absolute atomic E-state index is 12.7. The third-order valence-corrected chi connectivity index (χ3v) is 2.92. The van der Waals surface area contributed by atoms with Gasteiger partial charge in [-0.25, -0.2) is 4.79 Å². The molecule has 0 aliphatic heterocycles. The van der Waals surface area contributed by atoms with Crippen molar-refractivity contribution in [2.24, 2.45) is 0 Å². The monoisotopic (exact) mass is 367 g/mol. The molecule has 0 bridgehead atoms. The van der Waals surface area contributed by atoms with Crippen molar-refractivity contribution in [3.8, 4) is 0 Å². The average molecular weight is 368 g/mol. The van der Waals surface area contributed by atoms with Crippen LogP contribution >= 0.6 is 15.9 Å². The number of carbonyl (C=O) groups is 2. The predicted molar refractivity (Wildman–Crippen MR) is 74.8 cm³/mol. The van der Waals surface area contributed by atoms with E-state index in [1.54, 1.807) is 0 Å². The first-order valence-corrected chi connectivity index (χ1v) is 6.59. The number of carbonyl (C=O) groups excluding carboxylic acids is 2. The van der Waals surface area contributed by atoms with Crippen LogP contribution in [0, 0.1) is 0 Å². The molecule has 0 fully saturated rings. The molecule has 1 unspecified atom stereocenters. The number of rotatable bonds is 3. The molecule has 0 saturated heterocycles. The minimum absolute atomic E-state index is 0.108. The lowest BCUT2D eigenvalue weighted by Crippen LogP contribution is -2.44. The third-order valence-electron chi connectivity index (χ3n) is 2.47. The highest BCUT2D eigenvalue weighted by Crippen LogP contribution is 2.33. The van der Waals surface area contributed by atoms with Gasteiger partial charge in [-0.2, -0.15) is 13.2 Å². The predicted octanol–water partition coefficient (Wildman–Crippen LogP) is 2.72. The number of benzene rings is 1. The highest BCUT2D eigenvalue weighted by atomic mass is 79.9. The zero-order valence-corrected chi connectivity index (χ0v) is 12.7. The molecule has 21 heavy (non-hydrogen) atoms. The van der Waals surface area contributed by atoms with Crippen molar-refractivity contribution in [2.45, 2.75) is 19.1 Å². The number of amides is 3. The molecule has 9 heteroatoms. The second kappa shape index (κ2) is 6.79. The molecule has 0 aliphatic carbocycles. The molecule has 0 heterocycles. The number of alkyl halides is 3. The molecule has 0 aliphatic rings. The van der Waals surface area contributed by atoms with Gasteiger partial charge >= 0.3 is 12.2 Å². The van der Waals surface area contributed by atoms with Crippen molar-refractivity contribution in [3.05, 3.63) is 28.2 Å². The summed E-state index contributed by atoms with van der Waals surface area (Å²) in [6.07, 6.45) is -4.49. The van der Waals surface area contributed by atoms with Gasteiger partial charge < -0.3 is 10.6 Å². The molecule has 5 nitrogen and oxygen atoms in total. The van der Waals surface area contributed by atoms with Crippen LogP contribution in [0.2, 0.25) is 0 Å². The zero-order chi connectivity index (χ0) is 16.2. The number of hydrogen-bond donors (Lipinski definition) is 3. The van der Waals surface area contributed by atoms with Gasteiger partial charge in [-0.3, -0.25) is 10.1 Å². The molecule has 1 rings (SSSR count). The van der Waals surface area contributed by atoms with Gasteiger partial charge in [-0.15, -0.1) is 0 Å². The molecule has 3 amide bonds. The average Bonchev–Trinajstić information content (AvgIpc) is 2.36. The van der Waals surface area contributed by atoms with Crippen molar-refractivity contribution in [1.82, 2.24) is 10.6 Å². The normalized spacial score (nSPS) is 12.5. The fourth-order valence-electron chi connectivity index (χ4n) is 1.43. The Hall–Kier alpha value is -1.77. The minimum atomic E-state index is -4.49. The number of hydrogen-bond acceptors (Lipinski definition) is 3. The number of nitrogens with one attached hydrogen (secondary N) is 3. The first kappa shape index (κ1) is 17.3. The third kappa shape index (κ3) is 5.25. The van der Waals surface area contributed by atoms with Crippen LogP contribution in [-0.4, -0.2) is 25.0 Å². The topological polar surface area (TPSA) is 70.2 Å². The van der Waals surface area contributed by atoms with Crippen LogP contribution in [0.3, 0.4) is 0 Å². The molecule has 1 aromatic rings. The van der Waals surface area contributed by atoms with Gasteiger partial charge in [-0.05, 0) is 25.1 Å². The molecule has 0 radical (unpaired) electrons. The Bertz CT molecular complexity index is 549. The molecular formula is C12H13BrF3N3O2. The molecular weight excluding hydrogens is 355 g/mol. The standard InChI is InChI=1S/C12H13BrF3N3O2/c1-6(10(20)19-11(21)17-2)18-9-4-7(12(14,15)16)3-8(13)5-9/h3-6,18H,1-2H3,(H2,17,19,20,21). The lowest BCUT2D eigenvalue weighted by atomic mass is 10.2. The van der Waals surface area contributed by atoms with Crippen LogP contribution in [0.1, 0.15) is 12.5 Å². The molecule has 116 valence electrons. The second-order valence-corrected chi connectivity index (χ2v) is 5.08. The maximum atomic E-state index is 12.7. The minimum Gasteiger partial charge on any atom is -0.374 e. The summed E-state index contributed by atoms with van der Waals surface area (Å²) in [7, 11) is 1.34. The fraction of sp³-hybridized carbons (Fsp3) is 0.333. The van der Waals surface area contributed by atoms with Crippen LogP contribution in [0.25, 0.3) is 0 Å². The molecule has 1 aromatic carbocycles. The first-order chi connectivity index (χ1) is 9.63. The molecule has 3 N–H and O–H groups in total. The van der Waals surface area contributed by atoms with E-state index in [1.165, 1.54) is 20.0 Å². The van der Waals surface area contributed by atoms with Crippen LogP contribution in [0.5, 0.6) is 0 Å². The van der Waals surface area contributed by atoms with Crippen molar-refractivity contribution in [3.63, 3.8) is 0 Å². The Kier molecular flexibility index (Phi) is 5.59. The van der Waals surface area contributed by atoms with Crippen LogP contribution in [-0.2, 0) is 11.0 Å². The number of anilines is 1. The van der Waals surface area contributed by atoms with Crippen molar-refractivity contribution in [1.29, 1.82) is 0 Å². The highest BCUT2D eigenvalue weighted by molar-refractivity contribution is 9.10. The molecule has 0 saturated carbocycles. The highest BCUT2D eigenvalue weighted by Gasteiger charge is 2.31. The van der Waals surface area contributed by atoms with Gasteiger partial charge in [0.05, 0.1) is 5.56 Å². The van der Waals surface area contributed by atoms with E-state index in [2.05, 4.69) is 26.6 Å². The summed E-state index contributed by atoms with van der Waals surface area (Å²) in [6, 6.07) is 1.63. The second-order valence-electron chi connectivity index (χ2n) is 4.16. The summed E-state index contributed by atoms with van der Waals surface area (Å²) in [5.74, 6) is -0.664. The Balaban J connectivity index is 2.85. The Morgan fingerprint density at radius 2 is 1.86 bits per heavy atom. The zero-order valence-electron chi connectivity index (χ0n) is 11.1. The van der Waals surface area contributed by atoms with E-state index in [0.717, 1.165) is 12.1 Å². The Labute approximate surface area is 127 Å². The molecule has 0 spiro atoms. The SMILES string of the molecule is CNC(=O)NC(=O)C(C)Nc1cc(Br)cc(C(F)(F)F)c1. The van der Waals surface area contributed by atoms with E-state index in [9.17, 15) is 22.8 Å². The van der Waals surface area contributed by atoms with Crippen molar-refractivity contribution < 1.29 is 22.8 Å². The van der Waals surface area contributed by atoms with Gasteiger partial charge in [0.2, 0.25) is 5.91 Å². The van der Waals surface area contributed by atoms with E-state index in [4.69, 9.17) is 0 Å². The number of urea groups is 1. The van der Waals surface area contributed by atoms with E-state index in [1.807, 2.05) is 5.32 Å². The Morgan fingerprint density at radius 3 is 2.38 bits per heavy atom. The summed E-state index contributed by atoms with van der Waals surface area (Å²) in [5, 5.41) is 6.82. The first-order valence-electron chi connectivity index (χ1n) is 5.80.